The monoisotopic (exact) mass is 333 g/mol. The first-order chi connectivity index (χ1) is 10.4. The number of alkyl halides is 3. The second-order valence-electron chi connectivity index (χ2n) is 5.06. The van der Waals surface area contributed by atoms with Crippen LogP contribution in [0.1, 0.15) is 22.5 Å². The summed E-state index contributed by atoms with van der Waals surface area (Å²) in [5, 5.41) is 6.74. The Morgan fingerprint density at radius 1 is 1.32 bits per heavy atom. The van der Waals surface area contributed by atoms with Crippen molar-refractivity contribution in [1.29, 1.82) is 0 Å². The molecule has 0 aliphatic carbocycles. The van der Waals surface area contributed by atoms with Gasteiger partial charge in [0.2, 0.25) is 0 Å². The van der Waals surface area contributed by atoms with Crippen molar-refractivity contribution in [2.24, 2.45) is 0 Å². The molecule has 0 saturated heterocycles. The highest BCUT2D eigenvalue weighted by atomic mass is 35.5. The third kappa shape index (κ3) is 2.70. The van der Waals surface area contributed by atoms with Crippen molar-refractivity contribution in [3.05, 3.63) is 51.6 Å². The molecule has 1 aliphatic rings. The molecule has 0 bridgehead atoms. The maximum absolute atomic E-state index is 13.8. The van der Waals surface area contributed by atoms with Crippen LogP contribution in [-0.4, -0.2) is 16.3 Å². The van der Waals surface area contributed by atoms with Gasteiger partial charge in [0.05, 0.1) is 6.54 Å². The minimum Gasteiger partial charge on any atom is -0.312 e. The standard InChI is InChI=1S/C14H12ClF4N3/c15-10-2-1-3-11(16)9(10)7-22-12-4-5-20-6-8(12)13(21-22)14(17,18)19/h1-3,20H,4-7H2. The van der Waals surface area contributed by atoms with Gasteiger partial charge in [-0.1, -0.05) is 17.7 Å². The predicted octanol–water partition coefficient (Wildman–Crippen LogP) is 3.39. The number of fused-ring (bicyclic) bond motifs is 1. The number of hydrogen-bond acceptors (Lipinski definition) is 2. The van der Waals surface area contributed by atoms with E-state index in [1.807, 2.05) is 0 Å². The fraction of sp³-hybridized carbons (Fsp3) is 0.357. The van der Waals surface area contributed by atoms with Gasteiger partial charge in [0, 0.05) is 41.4 Å². The van der Waals surface area contributed by atoms with Crippen molar-refractivity contribution in [3.8, 4) is 0 Å². The molecule has 1 N–H and O–H groups in total. The minimum atomic E-state index is -4.53. The van der Waals surface area contributed by atoms with E-state index < -0.39 is 17.7 Å². The Balaban J connectivity index is 2.06. The predicted molar refractivity (Wildman–Crippen MR) is 73.2 cm³/mol. The van der Waals surface area contributed by atoms with Gasteiger partial charge < -0.3 is 5.32 Å². The van der Waals surface area contributed by atoms with Crippen LogP contribution in [0.5, 0.6) is 0 Å². The van der Waals surface area contributed by atoms with Crippen LogP contribution in [0.2, 0.25) is 5.02 Å². The first-order valence-corrected chi connectivity index (χ1v) is 7.05. The molecular weight excluding hydrogens is 322 g/mol. The fourth-order valence-electron chi connectivity index (χ4n) is 2.61. The van der Waals surface area contributed by atoms with Crippen LogP contribution in [0.25, 0.3) is 0 Å². The van der Waals surface area contributed by atoms with E-state index >= 15 is 0 Å². The Morgan fingerprint density at radius 3 is 2.77 bits per heavy atom. The van der Waals surface area contributed by atoms with Crippen LogP contribution < -0.4 is 5.32 Å². The lowest BCUT2D eigenvalue weighted by Gasteiger charge is -2.16. The second kappa shape index (κ2) is 5.55. The molecule has 118 valence electrons. The molecule has 8 heteroatoms. The van der Waals surface area contributed by atoms with E-state index in [0.29, 0.717) is 18.7 Å². The van der Waals surface area contributed by atoms with Gasteiger partial charge >= 0.3 is 6.18 Å². The molecule has 2 heterocycles. The molecule has 22 heavy (non-hydrogen) atoms. The van der Waals surface area contributed by atoms with Crippen molar-refractivity contribution >= 4 is 11.6 Å². The van der Waals surface area contributed by atoms with Gasteiger partial charge in [0.15, 0.2) is 5.69 Å². The third-order valence-electron chi connectivity index (χ3n) is 3.64. The molecule has 1 aromatic carbocycles. The van der Waals surface area contributed by atoms with Crippen molar-refractivity contribution in [3.63, 3.8) is 0 Å². The van der Waals surface area contributed by atoms with Crippen LogP contribution in [0.15, 0.2) is 18.2 Å². The van der Waals surface area contributed by atoms with Gasteiger partial charge in [-0.25, -0.2) is 4.39 Å². The SMILES string of the molecule is Fc1cccc(Cl)c1Cn1nc(C(F)(F)F)c2c1CCNC2. The number of benzene rings is 1. The summed E-state index contributed by atoms with van der Waals surface area (Å²) in [6, 6.07) is 4.18. The Labute approximate surface area is 128 Å². The van der Waals surface area contributed by atoms with Gasteiger partial charge in [0.1, 0.15) is 5.82 Å². The summed E-state index contributed by atoms with van der Waals surface area (Å²) in [7, 11) is 0. The van der Waals surface area contributed by atoms with Crippen molar-refractivity contribution in [1.82, 2.24) is 15.1 Å². The highest BCUT2D eigenvalue weighted by Gasteiger charge is 2.39. The molecule has 3 nitrogen and oxygen atoms in total. The molecule has 2 aromatic rings. The molecule has 0 saturated carbocycles. The number of rotatable bonds is 2. The minimum absolute atomic E-state index is 0.106. The fourth-order valence-corrected chi connectivity index (χ4v) is 2.83. The molecule has 0 radical (unpaired) electrons. The Kier molecular flexibility index (Phi) is 3.86. The van der Waals surface area contributed by atoms with E-state index in [-0.39, 0.29) is 29.2 Å². The smallest absolute Gasteiger partial charge is 0.312 e. The molecule has 0 amide bonds. The lowest BCUT2D eigenvalue weighted by Crippen LogP contribution is -2.26. The van der Waals surface area contributed by atoms with Crippen molar-refractivity contribution in [2.45, 2.75) is 25.7 Å². The quantitative estimate of drug-likeness (QED) is 0.854. The number of nitrogens with one attached hydrogen (secondary N) is 1. The summed E-state index contributed by atoms with van der Waals surface area (Å²) in [5.74, 6) is -0.556. The first-order valence-electron chi connectivity index (χ1n) is 6.67. The number of nitrogens with zero attached hydrogens (tertiary/aromatic N) is 2. The zero-order valence-electron chi connectivity index (χ0n) is 11.3. The maximum Gasteiger partial charge on any atom is 0.435 e. The van der Waals surface area contributed by atoms with Gasteiger partial charge in [-0.2, -0.15) is 18.3 Å². The van der Waals surface area contributed by atoms with Gasteiger partial charge in [0.25, 0.3) is 0 Å². The van der Waals surface area contributed by atoms with Crippen LogP contribution in [0, 0.1) is 5.82 Å². The first kappa shape index (κ1) is 15.3. The van der Waals surface area contributed by atoms with Crippen molar-refractivity contribution < 1.29 is 17.6 Å². The lowest BCUT2D eigenvalue weighted by atomic mass is 10.1. The van der Waals surface area contributed by atoms with Gasteiger partial charge in [-0.15, -0.1) is 0 Å². The molecule has 0 unspecified atom stereocenters. The van der Waals surface area contributed by atoms with E-state index in [9.17, 15) is 17.6 Å². The molecule has 0 fully saturated rings. The van der Waals surface area contributed by atoms with Crippen LogP contribution in [0.4, 0.5) is 17.6 Å². The van der Waals surface area contributed by atoms with E-state index in [4.69, 9.17) is 11.6 Å². The number of halogens is 5. The normalized spacial score (nSPS) is 15.0. The number of hydrogen-bond donors (Lipinski definition) is 1. The van der Waals surface area contributed by atoms with Gasteiger partial charge in [-0.3, -0.25) is 4.68 Å². The molecular formula is C14H12ClF4N3. The Bertz CT molecular complexity index is 689. The zero-order valence-corrected chi connectivity index (χ0v) is 12.1. The highest BCUT2D eigenvalue weighted by Crippen LogP contribution is 2.34. The largest absolute Gasteiger partial charge is 0.435 e. The summed E-state index contributed by atoms with van der Waals surface area (Å²) in [4.78, 5) is 0. The molecule has 1 aliphatic heterocycles. The van der Waals surface area contributed by atoms with Gasteiger partial charge in [-0.05, 0) is 12.1 Å². The van der Waals surface area contributed by atoms with Crippen LogP contribution >= 0.6 is 11.6 Å². The summed E-state index contributed by atoms with van der Waals surface area (Å²) in [6.07, 6.45) is -4.13. The Morgan fingerprint density at radius 2 is 2.09 bits per heavy atom. The summed E-state index contributed by atoms with van der Waals surface area (Å²) >= 11 is 5.94. The van der Waals surface area contributed by atoms with Crippen LogP contribution in [0.3, 0.4) is 0 Å². The summed E-state index contributed by atoms with van der Waals surface area (Å²) in [6.45, 7) is 0.542. The van der Waals surface area contributed by atoms with E-state index in [0.717, 1.165) is 0 Å². The summed E-state index contributed by atoms with van der Waals surface area (Å²) < 4.78 is 54.3. The molecule has 3 rings (SSSR count). The van der Waals surface area contributed by atoms with E-state index in [1.165, 1.54) is 22.9 Å². The van der Waals surface area contributed by atoms with Crippen molar-refractivity contribution in [2.75, 3.05) is 6.54 Å². The van der Waals surface area contributed by atoms with Crippen LogP contribution in [-0.2, 0) is 25.7 Å². The average molecular weight is 334 g/mol. The topological polar surface area (TPSA) is 29.9 Å². The molecule has 0 atom stereocenters. The second-order valence-corrected chi connectivity index (χ2v) is 5.46. The molecule has 0 spiro atoms. The average Bonchev–Trinajstić information content (AvgIpc) is 2.82. The zero-order chi connectivity index (χ0) is 15.9. The molecule has 1 aromatic heterocycles. The van der Waals surface area contributed by atoms with E-state index in [1.54, 1.807) is 0 Å². The van der Waals surface area contributed by atoms with E-state index in [2.05, 4.69) is 10.4 Å². The lowest BCUT2D eigenvalue weighted by molar-refractivity contribution is -0.142. The third-order valence-corrected chi connectivity index (χ3v) is 4.00. The summed E-state index contributed by atoms with van der Waals surface area (Å²) in [5.41, 5.74) is -0.166. The highest BCUT2D eigenvalue weighted by molar-refractivity contribution is 6.31. The maximum atomic E-state index is 13.8. The Hall–Kier alpha value is -1.60. The number of aromatic nitrogens is 2.